The third-order valence-electron chi connectivity index (χ3n) is 4.03. The van der Waals surface area contributed by atoms with Crippen molar-refractivity contribution in [2.45, 2.75) is 58.1 Å². The zero-order valence-electron chi connectivity index (χ0n) is 15.0. The summed E-state index contributed by atoms with van der Waals surface area (Å²) in [7, 11) is 1.90. The standard InChI is InChI=1S/C17H28N4O3/c1-17(2,3)24-16(23)18-10-9-15(22)21-12-6-5-7-14(21)13-8-11-19-20(13)4/h8,11,14H,5-7,9-10,12H2,1-4H3,(H,18,23)/t14-/m1/s1. The lowest BCUT2D eigenvalue weighted by atomic mass is 9.98. The number of ether oxygens (including phenoxy) is 1. The lowest BCUT2D eigenvalue weighted by Gasteiger charge is -2.36. The van der Waals surface area contributed by atoms with Gasteiger partial charge in [0.25, 0.3) is 0 Å². The largest absolute Gasteiger partial charge is 0.444 e. The van der Waals surface area contributed by atoms with Crippen LogP contribution in [0.5, 0.6) is 0 Å². The second-order valence-electron chi connectivity index (χ2n) is 7.16. The lowest BCUT2D eigenvalue weighted by Crippen LogP contribution is -2.41. The molecule has 1 atom stereocenters. The van der Waals surface area contributed by atoms with Crippen molar-refractivity contribution < 1.29 is 14.3 Å². The minimum Gasteiger partial charge on any atom is -0.444 e. The molecule has 0 bridgehead atoms. The van der Waals surface area contributed by atoms with E-state index in [1.54, 1.807) is 6.20 Å². The van der Waals surface area contributed by atoms with Gasteiger partial charge in [0.1, 0.15) is 5.60 Å². The molecule has 0 radical (unpaired) electrons. The van der Waals surface area contributed by atoms with Crippen molar-refractivity contribution >= 4 is 12.0 Å². The quantitative estimate of drug-likeness (QED) is 0.916. The topological polar surface area (TPSA) is 76.5 Å². The summed E-state index contributed by atoms with van der Waals surface area (Å²) in [6, 6.07) is 2.04. The minimum atomic E-state index is -0.536. The Morgan fingerprint density at radius 1 is 1.38 bits per heavy atom. The molecule has 0 aliphatic carbocycles. The maximum Gasteiger partial charge on any atom is 0.407 e. The first kappa shape index (κ1) is 18.3. The van der Waals surface area contributed by atoms with Crippen LogP contribution in [0.3, 0.4) is 0 Å². The van der Waals surface area contributed by atoms with E-state index in [4.69, 9.17) is 4.74 Å². The average Bonchev–Trinajstić information content (AvgIpc) is 2.91. The predicted octanol–water partition coefficient (Wildman–Crippen LogP) is 2.39. The first-order chi connectivity index (χ1) is 11.3. The van der Waals surface area contributed by atoms with Crippen LogP contribution in [0.15, 0.2) is 12.3 Å². The molecule has 0 saturated carbocycles. The van der Waals surface area contributed by atoms with Gasteiger partial charge >= 0.3 is 6.09 Å². The third-order valence-corrected chi connectivity index (χ3v) is 4.03. The molecule has 134 valence electrons. The molecular weight excluding hydrogens is 308 g/mol. The molecule has 2 amide bonds. The Kier molecular flexibility index (Phi) is 5.85. The van der Waals surface area contributed by atoms with Crippen LogP contribution >= 0.6 is 0 Å². The number of hydrogen-bond donors (Lipinski definition) is 1. The van der Waals surface area contributed by atoms with Gasteiger partial charge in [0.05, 0.1) is 11.7 Å². The summed E-state index contributed by atoms with van der Waals surface area (Å²) in [6.45, 7) is 6.46. The van der Waals surface area contributed by atoms with E-state index in [0.717, 1.165) is 31.5 Å². The Balaban J connectivity index is 1.88. The smallest absolute Gasteiger partial charge is 0.407 e. The molecule has 1 aromatic heterocycles. The molecule has 0 spiro atoms. The van der Waals surface area contributed by atoms with E-state index in [1.807, 2.05) is 43.5 Å². The number of hydrogen-bond acceptors (Lipinski definition) is 4. The summed E-state index contributed by atoms with van der Waals surface area (Å²) >= 11 is 0. The molecule has 7 heteroatoms. The maximum atomic E-state index is 12.6. The summed E-state index contributed by atoms with van der Waals surface area (Å²) in [6.07, 6.45) is 4.61. The maximum absolute atomic E-state index is 12.6. The Hall–Kier alpha value is -2.05. The molecule has 2 rings (SSSR count). The van der Waals surface area contributed by atoms with Gasteiger partial charge < -0.3 is 15.0 Å². The van der Waals surface area contributed by atoms with E-state index in [-0.39, 0.29) is 24.9 Å². The fraction of sp³-hybridized carbons (Fsp3) is 0.706. The molecule has 1 aliphatic rings. The van der Waals surface area contributed by atoms with Gasteiger partial charge in [-0.2, -0.15) is 5.10 Å². The monoisotopic (exact) mass is 336 g/mol. The highest BCUT2D eigenvalue weighted by Crippen LogP contribution is 2.30. The lowest BCUT2D eigenvalue weighted by molar-refractivity contribution is -0.135. The normalized spacial score (nSPS) is 18.3. The highest BCUT2D eigenvalue weighted by atomic mass is 16.6. The Labute approximate surface area is 143 Å². The number of nitrogens with zero attached hydrogens (tertiary/aromatic N) is 3. The van der Waals surface area contributed by atoms with E-state index < -0.39 is 11.7 Å². The van der Waals surface area contributed by atoms with Gasteiger partial charge in [0.15, 0.2) is 0 Å². The van der Waals surface area contributed by atoms with E-state index in [0.29, 0.717) is 0 Å². The predicted molar refractivity (Wildman–Crippen MR) is 90.4 cm³/mol. The molecule has 1 saturated heterocycles. The summed E-state index contributed by atoms with van der Waals surface area (Å²) in [5.74, 6) is 0.0527. The van der Waals surface area contributed by atoms with Crippen LogP contribution in [-0.4, -0.2) is 45.4 Å². The van der Waals surface area contributed by atoms with Crippen LogP contribution in [0.25, 0.3) is 0 Å². The molecule has 1 fully saturated rings. The van der Waals surface area contributed by atoms with E-state index in [2.05, 4.69) is 10.4 Å². The van der Waals surface area contributed by atoms with Crippen LogP contribution < -0.4 is 5.32 Å². The third kappa shape index (κ3) is 4.97. The van der Waals surface area contributed by atoms with Crippen molar-refractivity contribution in [2.75, 3.05) is 13.1 Å². The Morgan fingerprint density at radius 2 is 2.12 bits per heavy atom. The number of likely N-dealkylation sites (tertiary alicyclic amines) is 1. The van der Waals surface area contributed by atoms with Gasteiger partial charge in [-0.1, -0.05) is 0 Å². The summed E-state index contributed by atoms with van der Waals surface area (Å²) in [4.78, 5) is 26.1. The molecule has 1 aromatic rings. The van der Waals surface area contributed by atoms with Gasteiger partial charge in [-0.15, -0.1) is 0 Å². The molecule has 0 unspecified atom stereocenters. The summed E-state index contributed by atoms with van der Waals surface area (Å²) in [5, 5.41) is 6.85. The van der Waals surface area contributed by atoms with Gasteiger partial charge in [-0.3, -0.25) is 9.48 Å². The van der Waals surface area contributed by atoms with E-state index in [1.165, 1.54) is 0 Å². The van der Waals surface area contributed by atoms with Crippen LogP contribution in [-0.2, 0) is 16.6 Å². The fourth-order valence-electron chi connectivity index (χ4n) is 2.98. The fourth-order valence-corrected chi connectivity index (χ4v) is 2.98. The molecule has 2 heterocycles. The number of piperidine rings is 1. The van der Waals surface area contributed by atoms with Crippen molar-refractivity contribution in [3.8, 4) is 0 Å². The number of carbonyl (C=O) groups is 2. The number of rotatable bonds is 4. The number of nitrogens with one attached hydrogen (secondary N) is 1. The van der Waals surface area contributed by atoms with Crippen molar-refractivity contribution in [3.05, 3.63) is 18.0 Å². The minimum absolute atomic E-state index is 0.0527. The first-order valence-electron chi connectivity index (χ1n) is 8.52. The first-order valence-corrected chi connectivity index (χ1v) is 8.52. The number of carbonyl (C=O) groups excluding carboxylic acids is 2. The zero-order valence-corrected chi connectivity index (χ0v) is 15.0. The van der Waals surface area contributed by atoms with Crippen LogP contribution in [0.4, 0.5) is 4.79 Å². The van der Waals surface area contributed by atoms with Crippen LogP contribution in [0.1, 0.15) is 58.2 Å². The summed E-state index contributed by atoms with van der Waals surface area (Å²) < 4.78 is 7.00. The molecule has 1 N–H and O–H groups in total. The summed E-state index contributed by atoms with van der Waals surface area (Å²) in [5.41, 5.74) is 0.522. The molecule has 24 heavy (non-hydrogen) atoms. The second kappa shape index (κ2) is 7.68. The van der Waals surface area contributed by atoms with E-state index >= 15 is 0 Å². The highest BCUT2D eigenvalue weighted by Gasteiger charge is 2.29. The van der Waals surface area contributed by atoms with Crippen molar-refractivity contribution in [2.24, 2.45) is 7.05 Å². The van der Waals surface area contributed by atoms with Gasteiger partial charge in [0.2, 0.25) is 5.91 Å². The number of amides is 2. The Bertz CT molecular complexity index is 577. The van der Waals surface area contributed by atoms with Gasteiger partial charge in [0, 0.05) is 32.8 Å². The van der Waals surface area contributed by atoms with Crippen LogP contribution in [0.2, 0.25) is 0 Å². The van der Waals surface area contributed by atoms with Crippen molar-refractivity contribution in [3.63, 3.8) is 0 Å². The Morgan fingerprint density at radius 3 is 2.75 bits per heavy atom. The van der Waals surface area contributed by atoms with Crippen molar-refractivity contribution in [1.82, 2.24) is 20.0 Å². The highest BCUT2D eigenvalue weighted by molar-refractivity contribution is 5.77. The molecular formula is C17H28N4O3. The SMILES string of the molecule is Cn1nccc1[C@H]1CCCCN1C(=O)CCNC(=O)OC(C)(C)C. The number of alkyl carbamates (subject to hydrolysis) is 1. The van der Waals surface area contributed by atoms with Gasteiger partial charge in [-0.25, -0.2) is 4.79 Å². The zero-order chi connectivity index (χ0) is 17.7. The molecule has 7 nitrogen and oxygen atoms in total. The van der Waals surface area contributed by atoms with E-state index in [9.17, 15) is 9.59 Å². The van der Waals surface area contributed by atoms with Crippen LogP contribution in [0, 0.1) is 0 Å². The van der Waals surface area contributed by atoms with Crippen molar-refractivity contribution in [1.29, 1.82) is 0 Å². The molecule has 1 aliphatic heterocycles. The average molecular weight is 336 g/mol. The number of aryl methyl sites for hydroxylation is 1. The second-order valence-corrected chi connectivity index (χ2v) is 7.16. The number of aromatic nitrogens is 2. The molecule has 0 aromatic carbocycles. The van der Waals surface area contributed by atoms with Gasteiger partial charge in [-0.05, 0) is 46.1 Å².